The van der Waals surface area contributed by atoms with Gasteiger partial charge in [-0.15, -0.1) is 0 Å². The molecule has 0 aromatic heterocycles. The number of benzene rings is 3. The van der Waals surface area contributed by atoms with E-state index >= 15 is 0 Å². The quantitative estimate of drug-likeness (QED) is 0.0244. The van der Waals surface area contributed by atoms with E-state index in [0.717, 1.165) is 57.4 Å². The van der Waals surface area contributed by atoms with Gasteiger partial charge in [-0.2, -0.15) is 0 Å². The van der Waals surface area contributed by atoms with E-state index in [0.29, 0.717) is 6.61 Å². The summed E-state index contributed by atoms with van der Waals surface area (Å²) in [4.78, 5) is 0. The molecule has 0 aliphatic rings. The third-order valence-electron chi connectivity index (χ3n) is 19.8. The van der Waals surface area contributed by atoms with Crippen LogP contribution in [0, 0.1) is 0 Å². The SMILES string of the molecule is CCCCCCCCCCCCCCP(CCCC)(CCCC)(CCCC)OB(OCCCCCC(c1cccc(Cl)c1)(c1cccc(Cl)c1)c1cccc(Cl)c1)OP(CCCC)(CCCC)(CCCC)CCCCCCCCCCCCCC. The minimum absolute atomic E-state index is 0.512. The van der Waals surface area contributed by atoms with Crippen molar-refractivity contribution < 1.29 is 13.5 Å². The second kappa shape index (κ2) is 46.4. The third-order valence-corrected chi connectivity index (χ3v) is 33.6. The van der Waals surface area contributed by atoms with Gasteiger partial charge in [-0.05, 0) is 18.2 Å². The van der Waals surface area contributed by atoms with Crippen LogP contribution in [0.15, 0.2) is 72.8 Å². The van der Waals surface area contributed by atoms with Crippen LogP contribution in [-0.4, -0.2) is 63.2 Å². The van der Waals surface area contributed by atoms with Crippen molar-refractivity contribution in [2.75, 3.05) is 55.9 Å². The number of rotatable bonds is 58. The van der Waals surface area contributed by atoms with Crippen molar-refractivity contribution in [3.63, 3.8) is 0 Å². The molecule has 9 heteroatoms. The maximum absolute atomic E-state index is 8.51. The van der Waals surface area contributed by atoms with E-state index in [1.807, 2.05) is 18.2 Å². The normalized spacial score (nSPS) is 13.3. The predicted molar refractivity (Wildman–Crippen MR) is 391 cm³/mol. The fourth-order valence-electron chi connectivity index (χ4n) is 14.4. The molecule has 0 saturated carbocycles. The molecule has 3 aromatic carbocycles. The number of hydrogen-bond acceptors (Lipinski definition) is 3. The van der Waals surface area contributed by atoms with Crippen LogP contribution in [0.3, 0.4) is 0 Å². The summed E-state index contributed by atoms with van der Waals surface area (Å²) >= 11 is 20.6. The Bertz CT molecular complexity index is 1880. The Morgan fingerprint density at radius 2 is 0.553 bits per heavy atom. The maximum atomic E-state index is 8.51. The summed E-state index contributed by atoms with van der Waals surface area (Å²) in [5, 5.41) is 2.18. The second-order valence-electron chi connectivity index (χ2n) is 27.0. The van der Waals surface area contributed by atoms with Crippen molar-refractivity contribution in [1.82, 2.24) is 0 Å². The Morgan fingerprint density at radius 3 is 0.824 bits per heavy atom. The molecule has 0 heterocycles. The Balaban J connectivity index is 2.11. The first-order chi connectivity index (χ1) is 41.4. The van der Waals surface area contributed by atoms with Gasteiger partial charge in [0.25, 0.3) is 0 Å². The van der Waals surface area contributed by atoms with Gasteiger partial charge < -0.3 is 0 Å². The van der Waals surface area contributed by atoms with Gasteiger partial charge in [0.2, 0.25) is 0 Å². The Morgan fingerprint density at radius 1 is 0.306 bits per heavy atom. The molecule has 3 nitrogen and oxygen atoms in total. The number of hydrogen-bond donors (Lipinski definition) is 0. The van der Waals surface area contributed by atoms with Gasteiger partial charge in [0.15, 0.2) is 0 Å². The van der Waals surface area contributed by atoms with E-state index < -0.39 is 26.4 Å². The summed E-state index contributed by atoms with van der Waals surface area (Å²) in [5.74, 6) is 0. The fraction of sp³-hybridized carbons (Fsp3) is 0.763. The van der Waals surface area contributed by atoms with Crippen LogP contribution in [0.5, 0.6) is 0 Å². The minimum Gasteiger partial charge on any atom is -0.0654 e. The van der Waals surface area contributed by atoms with E-state index in [4.69, 9.17) is 48.3 Å². The van der Waals surface area contributed by atoms with Crippen molar-refractivity contribution >= 4 is 55.8 Å². The molecular formula is C76H134BCl3O3P2. The van der Waals surface area contributed by atoms with Crippen molar-refractivity contribution in [3.05, 3.63) is 105 Å². The third kappa shape index (κ3) is 29.2. The van der Waals surface area contributed by atoms with Gasteiger partial charge in [0, 0.05) is 0 Å². The van der Waals surface area contributed by atoms with Crippen LogP contribution in [0.25, 0.3) is 0 Å². The molecule has 0 radical (unpaired) electrons. The minimum atomic E-state index is -2.88. The zero-order chi connectivity index (χ0) is 61.7. The Labute approximate surface area is 543 Å². The molecule has 0 aliphatic carbocycles. The molecule has 3 rings (SSSR count). The van der Waals surface area contributed by atoms with Gasteiger partial charge in [0.05, 0.1) is 0 Å². The van der Waals surface area contributed by atoms with Crippen molar-refractivity contribution in [2.24, 2.45) is 0 Å². The first-order valence-corrected chi connectivity index (χ1v) is 43.6. The topological polar surface area (TPSA) is 27.7 Å². The van der Waals surface area contributed by atoms with E-state index in [2.05, 4.69) is 110 Å². The molecule has 0 bridgehead atoms. The molecule has 0 aliphatic heterocycles. The number of unbranched alkanes of at least 4 members (excludes halogenated alkanes) is 30. The van der Waals surface area contributed by atoms with E-state index in [-0.39, 0.29) is 0 Å². The second-order valence-corrected chi connectivity index (χ2v) is 39.8. The first kappa shape index (κ1) is 78.6. The van der Waals surface area contributed by atoms with E-state index in [1.54, 1.807) is 0 Å². The van der Waals surface area contributed by atoms with Crippen LogP contribution in [-0.2, 0) is 19.0 Å². The molecule has 85 heavy (non-hydrogen) atoms. The van der Waals surface area contributed by atoms with E-state index in [9.17, 15) is 0 Å². The summed E-state index contributed by atoms with van der Waals surface area (Å²) in [7, 11) is -0.621. The molecule has 0 spiro atoms. The zero-order valence-electron chi connectivity index (χ0n) is 56.9. The molecule has 0 amide bonds. The fourth-order valence-corrected chi connectivity index (χ4v) is 28.5. The smallest absolute Gasteiger partial charge is 0.0654 e. The Kier molecular flexibility index (Phi) is 42.9. The summed E-state index contributed by atoms with van der Waals surface area (Å²) in [6, 6.07) is 25.3. The summed E-state index contributed by atoms with van der Waals surface area (Å²) in [5.41, 5.74) is 2.94. The Hall–Kier alpha value is -0.665. The summed E-state index contributed by atoms with van der Waals surface area (Å²) in [6.07, 6.45) is 61.1. The molecular weight excluding hydrogens is 1140 g/mol. The number of halogens is 3. The molecule has 0 fully saturated rings. The van der Waals surface area contributed by atoms with Crippen LogP contribution in [0.4, 0.5) is 0 Å². The molecule has 0 N–H and O–H groups in total. The van der Waals surface area contributed by atoms with Crippen LogP contribution in [0.1, 0.15) is 329 Å². The molecule has 0 atom stereocenters. The molecule has 490 valence electrons. The standard InChI is InChI=1S/C76H134BCl3O3P2/c1-9-17-25-27-29-31-33-35-37-39-41-46-65-84(59-19-11-3,60-20-12-4,61-21-13-5)82-77(83-85(62-22-14-6,63-23-15-7,64-24-16-8)66-47-42-40-38-36-34-32-30-28-26-18-10-2)81-58-45-43-44-57-76(70-51-48-54-73(78)67-70,71-52-49-55-74(79)68-71)72-53-50-56-75(80)69-72/h48-56,67-69H,9-47,57-66H2,1-8H3. The van der Waals surface area contributed by atoms with Crippen molar-refractivity contribution in [1.29, 1.82) is 0 Å². The zero-order valence-corrected chi connectivity index (χ0v) is 61.0. The van der Waals surface area contributed by atoms with Gasteiger partial charge in [0.1, 0.15) is 0 Å². The predicted octanol–water partition coefficient (Wildman–Crippen LogP) is 27.7. The first-order valence-electron chi connectivity index (χ1n) is 36.7. The molecule has 0 unspecified atom stereocenters. The average Bonchev–Trinajstić information content (AvgIpc) is 1.20. The van der Waals surface area contributed by atoms with Gasteiger partial charge in [-0.25, -0.2) is 0 Å². The van der Waals surface area contributed by atoms with Crippen molar-refractivity contribution in [2.45, 2.75) is 318 Å². The summed E-state index contributed by atoms with van der Waals surface area (Å²) < 4.78 is 24.6. The molecule has 3 aromatic rings. The molecule has 0 saturated heterocycles. The monoisotopic (exact) mass is 1270 g/mol. The van der Waals surface area contributed by atoms with Crippen LogP contribution < -0.4 is 0 Å². The van der Waals surface area contributed by atoms with Gasteiger partial charge >= 0.3 is 468 Å². The van der Waals surface area contributed by atoms with E-state index in [1.165, 1.54) is 280 Å². The van der Waals surface area contributed by atoms with Gasteiger partial charge in [-0.1, -0.05) is 61.5 Å². The summed E-state index contributed by atoms with van der Waals surface area (Å²) in [6.45, 7) is 14.0. The van der Waals surface area contributed by atoms with Crippen LogP contribution >= 0.6 is 48.5 Å². The van der Waals surface area contributed by atoms with Crippen LogP contribution in [0.2, 0.25) is 15.1 Å². The van der Waals surface area contributed by atoms with Gasteiger partial charge in [-0.3, -0.25) is 0 Å². The average molecular weight is 1280 g/mol. The van der Waals surface area contributed by atoms with Crippen molar-refractivity contribution in [3.8, 4) is 0 Å².